The van der Waals surface area contributed by atoms with Gasteiger partial charge in [-0.05, 0) is 50.1 Å². The van der Waals surface area contributed by atoms with Crippen LogP contribution in [0.5, 0.6) is 0 Å². The first-order chi connectivity index (χ1) is 15.2. The quantitative estimate of drug-likeness (QED) is 0.593. The van der Waals surface area contributed by atoms with Crippen LogP contribution < -0.4 is 5.32 Å². The van der Waals surface area contributed by atoms with Crippen LogP contribution in [0, 0.1) is 6.92 Å². The standard InChI is InChI=1S/C22H23ClN4O4S/c1-14-3-5-17(6-4-14)22-25-21(26-31-22)16-9-11-27(12-10-16)32(29,30)18-7-8-20(19(23)13-18)24-15(2)28/h3-8,13,16H,9-12H2,1-2H3,(H,24,28). The number of nitrogens with one attached hydrogen (secondary N) is 1. The number of carbonyl (C=O) groups is 1. The molecule has 8 nitrogen and oxygen atoms in total. The highest BCUT2D eigenvalue weighted by Crippen LogP contribution is 2.32. The lowest BCUT2D eigenvalue weighted by molar-refractivity contribution is -0.114. The molecule has 168 valence electrons. The average Bonchev–Trinajstić information content (AvgIpc) is 3.26. The van der Waals surface area contributed by atoms with Gasteiger partial charge in [0.15, 0.2) is 5.82 Å². The molecule has 0 bridgehead atoms. The lowest BCUT2D eigenvalue weighted by atomic mass is 9.97. The van der Waals surface area contributed by atoms with Gasteiger partial charge in [-0.1, -0.05) is 34.5 Å². The van der Waals surface area contributed by atoms with Crippen LogP contribution in [-0.4, -0.2) is 41.9 Å². The fourth-order valence-electron chi connectivity index (χ4n) is 3.66. The van der Waals surface area contributed by atoms with Crippen LogP contribution in [0.15, 0.2) is 51.9 Å². The highest BCUT2D eigenvalue weighted by atomic mass is 35.5. The molecular weight excluding hydrogens is 452 g/mol. The van der Waals surface area contributed by atoms with Gasteiger partial charge in [0.25, 0.3) is 5.89 Å². The normalized spacial score (nSPS) is 15.6. The summed E-state index contributed by atoms with van der Waals surface area (Å²) in [5.74, 6) is 0.802. The van der Waals surface area contributed by atoms with E-state index < -0.39 is 10.0 Å². The van der Waals surface area contributed by atoms with Crippen LogP contribution in [0.1, 0.15) is 37.1 Å². The molecule has 0 atom stereocenters. The van der Waals surface area contributed by atoms with Gasteiger partial charge in [0, 0.05) is 31.5 Å². The van der Waals surface area contributed by atoms with Crippen molar-refractivity contribution in [3.8, 4) is 11.5 Å². The second kappa shape index (κ2) is 9.01. The van der Waals surface area contributed by atoms with Crippen molar-refractivity contribution in [2.75, 3.05) is 18.4 Å². The average molecular weight is 475 g/mol. The van der Waals surface area contributed by atoms with Crippen LogP contribution in [0.2, 0.25) is 5.02 Å². The van der Waals surface area contributed by atoms with Crippen molar-refractivity contribution in [3.05, 3.63) is 58.9 Å². The van der Waals surface area contributed by atoms with E-state index in [0.717, 1.165) is 11.1 Å². The van der Waals surface area contributed by atoms with Crippen LogP contribution in [0.3, 0.4) is 0 Å². The fourth-order valence-corrected chi connectivity index (χ4v) is 5.45. The number of benzene rings is 2. The van der Waals surface area contributed by atoms with Gasteiger partial charge in [-0.15, -0.1) is 0 Å². The minimum absolute atomic E-state index is 0.0233. The number of aryl methyl sites for hydroxylation is 1. The van der Waals surface area contributed by atoms with Gasteiger partial charge in [-0.25, -0.2) is 8.42 Å². The van der Waals surface area contributed by atoms with Gasteiger partial charge in [-0.2, -0.15) is 9.29 Å². The van der Waals surface area contributed by atoms with Crippen LogP contribution >= 0.6 is 11.6 Å². The maximum atomic E-state index is 13.1. The Labute approximate surface area is 191 Å². The number of anilines is 1. The summed E-state index contributed by atoms with van der Waals surface area (Å²) in [6, 6.07) is 12.1. The molecule has 0 aliphatic carbocycles. The first-order valence-electron chi connectivity index (χ1n) is 10.2. The molecule has 0 radical (unpaired) electrons. The van der Waals surface area contributed by atoms with Crippen LogP contribution in [0.4, 0.5) is 5.69 Å². The third-order valence-electron chi connectivity index (χ3n) is 5.45. The molecule has 0 spiro atoms. The smallest absolute Gasteiger partial charge is 0.257 e. The molecule has 1 N–H and O–H groups in total. The van der Waals surface area contributed by atoms with Crippen molar-refractivity contribution in [3.63, 3.8) is 0 Å². The number of sulfonamides is 1. The number of hydrogen-bond donors (Lipinski definition) is 1. The Morgan fingerprint density at radius 3 is 2.47 bits per heavy atom. The second-order valence-electron chi connectivity index (χ2n) is 7.82. The Balaban J connectivity index is 1.44. The zero-order valence-corrected chi connectivity index (χ0v) is 19.3. The molecule has 4 rings (SSSR count). The number of carbonyl (C=O) groups excluding carboxylic acids is 1. The minimum atomic E-state index is -3.71. The lowest BCUT2D eigenvalue weighted by Crippen LogP contribution is -2.38. The molecule has 1 aliphatic rings. The predicted molar refractivity (Wildman–Crippen MR) is 121 cm³/mol. The van der Waals surface area contributed by atoms with E-state index in [-0.39, 0.29) is 21.7 Å². The van der Waals surface area contributed by atoms with Crippen molar-refractivity contribution in [2.24, 2.45) is 0 Å². The summed E-state index contributed by atoms with van der Waals surface area (Å²) >= 11 is 6.16. The topological polar surface area (TPSA) is 105 Å². The summed E-state index contributed by atoms with van der Waals surface area (Å²) < 4.78 is 33.0. The first kappa shape index (κ1) is 22.4. The van der Waals surface area contributed by atoms with Crippen molar-refractivity contribution < 1.29 is 17.7 Å². The van der Waals surface area contributed by atoms with E-state index in [2.05, 4.69) is 15.5 Å². The number of hydrogen-bond acceptors (Lipinski definition) is 6. The Bertz CT molecular complexity index is 1230. The second-order valence-corrected chi connectivity index (χ2v) is 10.2. The largest absolute Gasteiger partial charge is 0.334 e. The van der Waals surface area contributed by atoms with Crippen molar-refractivity contribution in [2.45, 2.75) is 37.5 Å². The van der Waals surface area contributed by atoms with Crippen molar-refractivity contribution in [1.29, 1.82) is 0 Å². The van der Waals surface area contributed by atoms with E-state index >= 15 is 0 Å². The summed E-state index contributed by atoms with van der Waals surface area (Å²) in [6.07, 6.45) is 1.17. The Kier molecular flexibility index (Phi) is 6.32. The predicted octanol–water partition coefficient (Wildman–Crippen LogP) is 4.23. The molecule has 1 amide bonds. The minimum Gasteiger partial charge on any atom is -0.334 e. The highest BCUT2D eigenvalue weighted by molar-refractivity contribution is 7.89. The molecule has 1 fully saturated rings. The summed E-state index contributed by atoms with van der Waals surface area (Å²) in [6.45, 7) is 4.05. The number of rotatable bonds is 5. The fraction of sp³-hybridized carbons (Fsp3) is 0.318. The third kappa shape index (κ3) is 4.69. The summed E-state index contributed by atoms with van der Waals surface area (Å²) in [4.78, 5) is 15.8. The Morgan fingerprint density at radius 1 is 1.16 bits per heavy atom. The molecule has 1 saturated heterocycles. The van der Waals surface area contributed by atoms with Gasteiger partial charge in [0.2, 0.25) is 15.9 Å². The van der Waals surface area contributed by atoms with Crippen LogP contribution in [-0.2, 0) is 14.8 Å². The Morgan fingerprint density at radius 2 is 1.84 bits per heavy atom. The lowest BCUT2D eigenvalue weighted by Gasteiger charge is -2.29. The zero-order chi connectivity index (χ0) is 22.9. The van der Waals surface area contributed by atoms with E-state index in [9.17, 15) is 13.2 Å². The molecule has 1 aliphatic heterocycles. The summed E-state index contributed by atoms with van der Waals surface area (Å²) in [7, 11) is -3.71. The van der Waals surface area contributed by atoms with E-state index in [1.165, 1.54) is 29.4 Å². The molecule has 1 aromatic heterocycles. The van der Waals surface area contributed by atoms with Crippen LogP contribution in [0.25, 0.3) is 11.5 Å². The SMILES string of the molecule is CC(=O)Nc1ccc(S(=O)(=O)N2CCC(c3noc(-c4ccc(C)cc4)n3)CC2)cc1Cl. The number of aromatic nitrogens is 2. The monoisotopic (exact) mass is 474 g/mol. The van der Waals surface area contributed by atoms with E-state index in [1.54, 1.807) is 0 Å². The maximum Gasteiger partial charge on any atom is 0.257 e. The molecule has 10 heteroatoms. The number of amides is 1. The summed E-state index contributed by atoms with van der Waals surface area (Å²) in [5.41, 5.74) is 2.38. The molecule has 3 aromatic rings. The summed E-state index contributed by atoms with van der Waals surface area (Å²) in [5, 5.41) is 6.87. The molecule has 32 heavy (non-hydrogen) atoms. The molecular formula is C22H23ClN4O4S. The van der Waals surface area contributed by atoms with Gasteiger partial charge >= 0.3 is 0 Å². The van der Waals surface area contributed by atoms with Crippen molar-refractivity contribution in [1.82, 2.24) is 14.4 Å². The number of nitrogens with zero attached hydrogens (tertiary/aromatic N) is 3. The van der Waals surface area contributed by atoms with E-state index in [4.69, 9.17) is 16.1 Å². The maximum absolute atomic E-state index is 13.1. The van der Waals surface area contributed by atoms with Gasteiger partial charge in [0.05, 0.1) is 15.6 Å². The molecule has 2 aromatic carbocycles. The Hall–Kier alpha value is -2.75. The first-order valence-corrected chi connectivity index (χ1v) is 12.0. The number of halogens is 1. The third-order valence-corrected chi connectivity index (χ3v) is 7.66. The van der Waals surface area contributed by atoms with E-state index in [0.29, 0.717) is 43.3 Å². The molecule has 0 saturated carbocycles. The highest BCUT2D eigenvalue weighted by Gasteiger charge is 2.32. The van der Waals surface area contributed by atoms with Gasteiger partial charge in [-0.3, -0.25) is 4.79 Å². The van der Waals surface area contributed by atoms with Crippen molar-refractivity contribution >= 4 is 33.2 Å². The van der Waals surface area contributed by atoms with E-state index in [1.807, 2.05) is 31.2 Å². The number of piperidine rings is 1. The van der Waals surface area contributed by atoms with Gasteiger partial charge < -0.3 is 9.84 Å². The molecule has 2 heterocycles. The zero-order valence-electron chi connectivity index (χ0n) is 17.7. The molecule has 0 unspecified atom stereocenters. The van der Waals surface area contributed by atoms with Gasteiger partial charge in [0.1, 0.15) is 0 Å².